The Labute approximate surface area is 112 Å². The van der Waals surface area contributed by atoms with Gasteiger partial charge in [0, 0.05) is 6.42 Å². The highest BCUT2D eigenvalue weighted by atomic mass is 35.5. The number of carbonyl (C=O) groups is 2. The Bertz CT molecular complexity index is 565. The van der Waals surface area contributed by atoms with Crippen LogP contribution < -0.4 is 4.90 Å². The maximum Gasteiger partial charge on any atom is 0.399 e. The number of halogens is 1. The van der Waals surface area contributed by atoms with Gasteiger partial charge in [0.25, 0.3) is 0 Å². The van der Waals surface area contributed by atoms with Crippen LogP contribution in [0.3, 0.4) is 0 Å². The number of pyridine rings is 1. The molecule has 1 aromatic heterocycles. The Morgan fingerprint density at radius 1 is 1.56 bits per heavy atom. The van der Waals surface area contributed by atoms with Crippen molar-refractivity contribution >= 4 is 40.9 Å². The van der Waals surface area contributed by atoms with Crippen LogP contribution >= 0.6 is 23.4 Å². The molecule has 2 aliphatic rings. The molecule has 94 valence electrons. The number of nitrogens with zero attached hydrogens (tertiary/aromatic N) is 2. The van der Waals surface area contributed by atoms with Crippen molar-refractivity contribution in [2.24, 2.45) is 0 Å². The first-order chi connectivity index (χ1) is 8.57. The van der Waals surface area contributed by atoms with Crippen LogP contribution in [0.2, 0.25) is 5.15 Å². The van der Waals surface area contributed by atoms with Gasteiger partial charge >= 0.3 is 11.9 Å². The molecule has 1 fully saturated rings. The van der Waals surface area contributed by atoms with Gasteiger partial charge < -0.3 is 4.74 Å². The van der Waals surface area contributed by atoms with Crippen molar-refractivity contribution in [1.82, 2.24) is 4.98 Å². The molecule has 3 heterocycles. The molecule has 0 aromatic carbocycles. The Hall–Kier alpha value is -1.27. The smallest absolute Gasteiger partial charge is 0.399 e. The fourth-order valence-electron chi connectivity index (χ4n) is 2.16. The summed E-state index contributed by atoms with van der Waals surface area (Å²) < 4.78 is 5.26. The average Bonchev–Trinajstić information content (AvgIpc) is 2.62. The van der Waals surface area contributed by atoms with E-state index >= 15 is 0 Å². The zero-order valence-corrected chi connectivity index (χ0v) is 11.0. The first-order valence-electron chi connectivity index (χ1n) is 5.44. The van der Waals surface area contributed by atoms with Gasteiger partial charge in [0.2, 0.25) is 5.72 Å². The zero-order chi connectivity index (χ0) is 12.9. The number of amides is 1. The van der Waals surface area contributed by atoms with Gasteiger partial charge in [-0.2, -0.15) is 0 Å². The Balaban J connectivity index is 2.17. The molecule has 18 heavy (non-hydrogen) atoms. The molecule has 0 N–H and O–H groups in total. The van der Waals surface area contributed by atoms with E-state index in [9.17, 15) is 9.59 Å². The second-order valence-electron chi connectivity index (χ2n) is 4.08. The molecule has 1 aromatic rings. The topological polar surface area (TPSA) is 59.5 Å². The third kappa shape index (κ3) is 1.45. The summed E-state index contributed by atoms with van der Waals surface area (Å²) in [5.74, 6) is -0.968. The molecule has 2 aliphatic heterocycles. The minimum Gasteiger partial charge on any atom is -0.430 e. The Morgan fingerprint density at radius 3 is 3.06 bits per heavy atom. The first-order valence-corrected chi connectivity index (χ1v) is 6.80. The second-order valence-corrected chi connectivity index (χ2v) is 5.43. The predicted octanol–water partition coefficient (Wildman–Crippen LogP) is 1.84. The zero-order valence-electron chi connectivity index (χ0n) is 9.47. The molecule has 0 radical (unpaired) electrons. The standard InChI is InChI=1S/C11H9ClN2O3S/c1-2-11-5-18-8-6(3-4-7(12)13-8)14(11)9(15)10(16)17-11/h3-4H,2,5H2,1H3. The van der Waals surface area contributed by atoms with E-state index in [2.05, 4.69) is 4.98 Å². The van der Waals surface area contributed by atoms with E-state index in [-0.39, 0.29) is 0 Å². The number of fused-ring (bicyclic) bond motifs is 3. The predicted molar refractivity (Wildman–Crippen MR) is 66.6 cm³/mol. The number of rotatable bonds is 1. The Morgan fingerprint density at radius 2 is 2.33 bits per heavy atom. The summed E-state index contributed by atoms with van der Waals surface area (Å²) in [5, 5.41) is 1.02. The molecule has 3 rings (SSSR count). The number of esters is 1. The number of thioether (sulfide) groups is 1. The second kappa shape index (κ2) is 3.86. The van der Waals surface area contributed by atoms with Crippen LogP contribution in [0.25, 0.3) is 0 Å². The lowest BCUT2D eigenvalue weighted by Crippen LogP contribution is -2.50. The quantitative estimate of drug-likeness (QED) is 0.447. The van der Waals surface area contributed by atoms with E-state index in [0.29, 0.717) is 28.0 Å². The van der Waals surface area contributed by atoms with Gasteiger partial charge in [-0.3, -0.25) is 9.69 Å². The average molecular weight is 285 g/mol. The van der Waals surface area contributed by atoms with Gasteiger partial charge in [-0.15, -0.1) is 0 Å². The summed E-state index contributed by atoms with van der Waals surface area (Å²) >= 11 is 7.27. The molecule has 5 nitrogen and oxygen atoms in total. The van der Waals surface area contributed by atoms with Crippen molar-refractivity contribution in [1.29, 1.82) is 0 Å². The number of ether oxygens (including phenoxy) is 1. The van der Waals surface area contributed by atoms with Gasteiger partial charge in [-0.1, -0.05) is 30.3 Å². The lowest BCUT2D eigenvalue weighted by Gasteiger charge is -2.38. The fraction of sp³-hybridized carbons (Fsp3) is 0.364. The monoisotopic (exact) mass is 284 g/mol. The molecule has 1 unspecified atom stereocenters. The van der Waals surface area contributed by atoms with Crippen LogP contribution in [-0.4, -0.2) is 28.3 Å². The van der Waals surface area contributed by atoms with Crippen LogP contribution in [-0.2, 0) is 14.3 Å². The molecule has 0 aliphatic carbocycles. The summed E-state index contributed by atoms with van der Waals surface area (Å²) in [6, 6.07) is 3.30. The SMILES string of the molecule is CCC12CSc3nc(Cl)ccc3N1C(=O)C(=O)O2. The van der Waals surface area contributed by atoms with Gasteiger partial charge in [-0.05, 0) is 12.1 Å². The van der Waals surface area contributed by atoms with Crippen molar-refractivity contribution in [2.75, 3.05) is 10.7 Å². The number of hydrogen-bond acceptors (Lipinski definition) is 5. The van der Waals surface area contributed by atoms with Crippen LogP contribution in [0.15, 0.2) is 17.2 Å². The van der Waals surface area contributed by atoms with E-state index in [1.165, 1.54) is 16.7 Å². The van der Waals surface area contributed by atoms with Crippen LogP contribution in [0.5, 0.6) is 0 Å². The summed E-state index contributed by atoms with van der Waals surface area (Å²) in [5.41, 5.74) is -0.283. The van der Waals surface area contributed by atoms with Crippen LogP contribution in [0, 0.1) is 0 Å². The molecular formula is C11H9ClN2O3S. The maximum absolute atomic E-state index is 11.9. The number of hydrogen-bond donors (Lipinski definition) is 0. The highest BCUT2D eigenvalue weighted by Crippen LogP contribution is 2.46. The lowest BCUT2D eigenvalue weighted by molar-refractivity contribution is -0.152. The number of aromatic nitrogens is 1. The number of anilines is 1. The molecule has 0 saturated carbocycles. The molecule has 7 heteroatoms. The first kappa shape index (κ1) is 11.8. The number of carbonyl (C=O) groups excluding carboxylic acids is 2. The molecule has 1 saturated heterocycles. The highest BCUT2D eigenvalue weighted by Gasteiger charge is 2.55. The molecule has 0 bridgehead atoms. The van der Waals surface area contributed by atoms with Crippen molar-refractivity contribution < 1.29 is 14.3 Å². The van der Waals surface area contributed by atoms with E-state index in [1.54, 1.807) is 12.1 Å². The normalized spacial score (nSPS) is 25.8. The third-order valence-electron chi connectivity index (χ3n) is 3.10. The van der Waals surface area contributed by atoms with Gasteiger partial charge in [-0.25, -0.2) is 9.78 Å². The summed E-state index contributed by atoms with van der Waals surface area (Å²) in [4.78, 5) is 29.0. The Kier molecular flexibility index (Phi) is 2.53. The lowest BCUT2D eigenvalue weighted by atomic mass is 10.1. The van der Waals surface area contributed by atoms with Crippen molar-refractivity contribution in [3.05, 3.63) is 17.3 Å². The molecule has 1 amide bonds. The fourth-order valence-corrected chi connectivity index (χ4v) is 3.58. The van der Waals surface area contributed by atoms with E-state index in [1.807, 2.05) is 6.92 Å². The minimum absolute atomic E-state index is 0.365. The van der Waals surface area contributed by atoms with Crippen LogP contribution in [0.1, 0.15) is 13.3 Å². The third-order valence-corrected chi connectivity index (χ3v) is 4.48. The van der Waals surface area contributed by atoms with Crippen molar-refractivity contribution in [2.45, 2.75) is 24.1 Å². The van der Waals surface area contributed by atoms with Gasteiger partial charge in [0.05, 0.1) is 11.4 Å². The van der Waals surface area contributed by atoms with Gasteiger partial charge in [0.15, 0.2) is 0 Å². The molecule has 0 spiro atoms. The summed E-state index contributed by atoms with van der Waals surface area (Å²) in [7, 11) is 0. The minimum atomic E-state index is -0.874. The molecular weight excluding hydrogens is 276 g/mol. The van der Waals surface area contributed by atoms with Gasteiger partial charge in [0.1, 0.15) is 10.2 Å². The van der Waals surface area contributed by atoms with Crippen LogP contribution in [0.4, 0.5) is 5.69 Å². The summed E-state index contributed by atoms with van der Waals surface area (Å²) in [6.45, 7) is 1.88. The summed E-state index contributed by atoms with van der Waals surface area (Å²) in [6.07, 6.45) is 0.541. The van der Waals surface area contributed by atoms with E-state index in [0.717, 1.165) is 0 Å². The maximum atomic E-state index is 11.9. The van der Waals surface area contributed by atoms with E-state index in [4.69, 9.17) is 16.3 Å². The molecule has 1 atom stereocenters. The highest BCUT2D eigenvalue weighted by molar-refractivity contribution is 7.99. The largest absolute Gasteiger partial charge is 0.430 e. The van der Waals surface area contributed by atoms with Crippen molar-refractivity contribution in [3.63, 3.8) is 0 Å². The van der Waals surface area contributed by atoms with E-state index < -0.39 is 17.6 Å². The van der Waals surface area contributed by atoms with Crippen molar-refractivity contribution in [3.8, 4) is 0 Å².